The zero-order chi connectivity index (χ0) is 20.5. The number of hydrogen-bond donors (Lipinski definition) is 0. The van der Waals surface area contributed by atoms with Crippen molar-refractivity contribution < 1.29 is 18.4 Å². The highest BCUT2D eigenvalue weighted by Gasteiger charge is 2.23. The number of benzene rings is 2. The lowest BCUT2D eigenvalue weighted by atomic mass is 10.1. The minimum atomic E-state index is -1.07. The van der Waals surface area contributed by atoms with E-state index in [4.69, 9.17) is 11.6 Å². The minimum Gasteiger partial charge on any atom is -0.339 e. The van der Waals surface area contributed by atoms with Crippen molar-refractivity contribution >= 4 is 34.2 Å². The van der Waals surface area contributed by atoms with Crippen molar-refractivity contribution in [1.29, 1.82) is 0 Å². The Bertz CT molecular complexity index is 1100. The molecule has 0 saturated carbocycles. The highest BCUT2D eigenvalue weighted by molar-refractivity contribution is 6.31. The van der Waals surface area contributed by atoms with Gasteiger partial charge in [0.15, 0.2) is 17.4 Å². The van der Waals surface area contributed by atoms with Crippen LogP contribution in [0, 0.1) is 11.6 Å². The van der Waals surface area contributed by atoms with Gasteiger partial charge in [0.1, 0.15) is 0 Å². The van der Waals surface area contributed by atoms with Crippen molar-refractivity contribution in [1.82, 2.24) is 9.47 Å². The summed E-state index contributed by atoms with van der Waals surface area (Å²) in [6, 6.07) is 8.24. The second kappa shape index (κ2) is 7.95. The summed E-state index contributed by atoms with van der Waals surface area (Å²) in [5.41, 5.74) is 1.22. The number of piperidine rings is 1. The molecule has 7 heteroatoms. The number of amides is 1. The van der Waals surface area contributed by atoms with Crippen molar-refractivity contribution in [2.45, 2.75) is 25.8 Å². The molecule has 3 aromatic rings. The van der Waals surface area contributed by atoms with Crippen molar-refractivity contribution in [3.8, 4) is 0 Å². The van der Waals surface area contributed by atoms with Gasteiger partial charge in [-0.15, -0.1) is 0 Å². The van der Waals surface area contributed by atoms with Crippen LogP contribution in [-0.2, 0) is 6.54 Å². The van der Waals surface area contributed by atoms with Gasteiger partial charge >= 0.3 is 0 Å². The molecule has 0 unspecified atom stereocenters. The summed E-state index contributed by atoms with van der Waals surface area (Å²) in [5.74, 6) is -2.54. The maximum absolute atomic E-state index is 13.5. The fourth-order valence-corrected chi connectivity index (χ4v) is 3.92. The number of Topliss-reactive ketones (excluding diaryl/α,β-unsaturated/α-hetero) is 1. The molecule has 1 amide bonds. The van der Waals surface area contributed by atoms with Crippen LogP contribution in [-0.4, -0.2) is 34.2 Å². The van der Waals surface area contributed by atoms with E-state index < -0.39 is 17.4 Å². The van der Waals surface area contributed by atoms with Crippen LogP contribution >= 0.6 is 11.6 Å². The number of hydrogen-bond acceptors (Lipinski definition) is 2. The average Bonchev–Trinajstić information content (AvgIpc) is 3.07. The number of carbonyl (C=O) groups is 2. The maximum atomic E-state index is 13.5. The van der Waals surface area contributed by atoms with Gasteiger partial charge in [0.05, 0.1) is 17.6 Å². The van der Waals surface area contributed by atoms with Crippen LogP contribution in [0.25, 0.3) is 10.9 Å². The number of aromatic nitrogens is 1. The first-order chi connectivity index (χ1) is 13.9. The summed E-state index contributed by atoms with van der Waals surface area (Å²) in [4.78, 5) is 27.5. The fourth-order valence-electron chi connectivity index (χ4n) is 3.75. The number of halogens is 3. The first kappa shape index (κ1) is 19.6. The Kier molecular flexibility index (Phi) is 5.37. The second-order valence-electron chi connectivity index (χ2n) is 7.24. The Morgan fingerprint density at radius 3 is 2.45 bits per heavy atom. The summed E-state index contributed by atoms with van der Waals surface area (Å²) in [6.45, 7) is 1.31. The molecule has 150 valence electrons. The number of nitrogens with zero attached hydrogens (tertiary/aromatic N) is 2. The molecule has 0 radical (unpaired) electrons. The first-order valence-electron chi connectivity index (χ1n) is 9.50. The van der Waals surface area contributed by atoms with Gasteiger partial charge in [0.25, 0.3) is 5.91 Å². The predicted octanol–water partition coefficient (Wildman–Crippen LogP) is 5.08. The van der Waals surface area contributed by atoms with E-state index >= 15 is 0 Å². The molecule has 29 heavy (non-hydrogen) atoms. The Morgan fingerprint density at radius 1 is 0.966 bits per heavy atom. The number of ketones is 1. The highest BCUT2D eigenvalue weighted by atomic mass is 35.5. The lowest BCUT2D eigenvalue weighted by Crippen LogP contribution is -2.35. The van der Waals surface area contributed by atoms with Gasteiger partial charge in [-0.2, -0.15) is 0 Å². The molecule has 4 rings (SSSR count). The molecule has 1 aromatic heterocycles. The molecule has 1 aliphatic heterocycles. The molecule has 0 atom stereocenters. The van der Waals surface area contributed by atoms with E-state index in [0.717, 1.165) is 31.4 Å². The summed E-state index contributed by atoms with van der Waals surface area (Å²) < 4.78 is 28.3. The number of likely N-dealkylation sites (tertiary alicyclic amines) is 1. The molecule has 0 spiro atoms. The van der Waals surface area contributed by atoms with Crippen LogP contribution in [0.15, 0.2) is 42.6 Å². The van der Waals surface area contributed by atoms with Gasteiger partial charge in [-0.05, 0) is 49.6 Å². The summed E-state index contributed by atoms with van der Waals surface area (Å²) in [5, 5.41) is 1.19. The molecule has 0 N–H and O–H groups in total. The summed E-state index contributed by atoms with van der Waals surface area (Å²) in [6.07, 6.45) is 4.72. The van der Waals surface area contributed by atoms with E-state index in [0.29, 0.717) is 34.6 Å². The second-order valence-corrected chi connectivity index (χ2v) is 7.67. The summed E-state index contributed by atoms with van der Waals surface area (Å²) >= 11 is 6.14. The Labute approximate surface area is 171 Å². The molecule has 0 bridgehead atoms. The predicted molar refractivity (Wildman–Crippen MR) is 107 cm³/mol. The lowest BCUT2D eigenvalue weighted by Gasteiger charge is -2.26. The lowest BCUT2D eigenvalue weighted by molar-refractivity contribution is 0.0725. The Balaban J connectivity index is 1.70. The van der Waals surface area contributed by atoms with Gasteiger partial charge in [0.2, 0.25) is 0 Å². The SMILES string of the molecule is O=C(Cn1cc(C(=O)N2CCCCC2)c2ccc(Cl)cc21)c1ccc(F)c(F)c1. The average molecular weight is 417 g/mol. The van der Waals surface area contributed by atoms with Gasteiger partial charge in [-0.3, -0.25) is 9.59 Å². The van der Waals surface area contributed by atoms with Gasteiger partial charge in [0, 0.05) is 35.3 Å². The van der Waals surface area contributed by atoms with Crippen LogP contribution in [0.2, 0.25) is 5.02 Å². The third kappa shape index (κ3) is 3.90. The van der Waals surface area contributed by atoms with Gasteiger partial charge in [-0.1, -0.05) is 17.7 Å². The standard InChI is InChI=1S/C22H19ClF2N2O2/c23-15-5-6-16-17(22(29)26-8-2-1-3-9-26)12-27(20(16)11-15)13-21(28)14-4-7-18(24)19(25)10-14/h4-7,10-12H,1-3,8-9,13H2. The number of fused-ring (bicyclic) bond motifs is 1. The van der Waals surface area contributed by atoms with E-state index in [1.54, 1.807) is 29.0 Å². The molecule has 1 fully saturated rings. The van der Waals surface area contributed by atoms with Gasteiger partial charge < -0.3 is 9.47 Å². The number of carbonyl (C=O) groups excluding carboxylic acids is 2. The normalized spacial score (nSPS) is 14.4. The maximum Gasteiger partial charge on any atom is 0.256 e. The van der Waals surface area contributed by atoms with Crippen molar-refractivity contribution in [2.24, 2.45) is 0 Å². The topological polar surface area (TPSA) is 42.3 Å². The molecule has 1 aliphatic rings. The minimum absolute atomic E-state index is 0.0664. The quantitative estimate of drug-likeness (QED) is 0.556. The van der Waals surface area contributed by atoms with E-state index in [2.05, 4.69) is 0 Å². The van der Waals surface area contributed by atoms with E-state index in [1.807, 2.05) is 4.90 Å². The van der Waals surface area contributed by atoms with Crippen LogP contribution < -0.4 is 0 Å². The molecular formula is C22H19ClF2N2O2. The smallest absolute Gasteiger partial charge is 0.256 e. The van der Waals surface area contributed by atoms with E-state index in [9.17, 15) is 18.4 Å². The molecule has 0 aliphatic carbocycles. The molecule has 2 heterocycles. The molecular weight excluding hydrogens is 398 g/mol. The van der Waals surface area contributed by atoms with E-state index in [-0.39, 0.29) is 18.0 Å². The van der Waals surface area contributed by atoms with Crippen LogP contribution in [0.3, 0.4) is 0 Å². The fraction of sp³-hybridized carbons (Fsp3) is 0.273. The van der Waals surface area contributed by atoms with Crippen molar-refractivity contribution in [3.05, 3.63) is 70.4 Å². The third-order valence-electron chi connectivity index (χ3n) is 5.27. The Hall–Kier alpha value is -2.73. The van der Waals surface area contributed by atoms with Crippen molar-refractivity contribution in [3.63, 3.8) is 0 Å². The van der Waals surface area contributed by atoms with E-state index in [1.165, 1.54) is 6.07 Å². The highest BCUT2D eigenvalue weighted by Crippen LogP contribution is 2.27. The molecule has 2 aromatic carbocycles. The molecule has 4 nitrogen and oxygen atoms in total. The van der Waals surface area contributed by atoms with Crippen LogP contribution in [0.5, 0.6) is 0 Å². The first-order valence-corrected chi connectivity index (χ1v) is 9.88. The summed E-state index contributed by atoms with van der Waals surface area (Å²) in [7, 11) is 0. The monoisotopic (exact) mass is 416 g/mol. The van der Waals surface area contributed by atoms with Crippen molar-refractivity contribution in [2.75, 3.05) is 13.1 Å². The van der Waals surface area contributed by atoms with Gasteiger partial charge in [-0.25, -0.2) is 8.78 Å². The van der Waals surface area contributed by atoms with Crippen LogP contribution in [0.4, 0.5) is 8.78 Å². The third-order valence-corrected chi connectivity index (χ3v) is 5.51. The Morgan fingerprint density at radius 2 is 1.72 bits per heavy atom. The number of rotatable bonds is 4. The largest absolute Gasteiger partial charge is 0.339 e. The zero-order valence-electron chi connectivity index (χ0n) is 15.6. The van der Waals surface area contributed by atoms with Crippen LogP contribution in [0.1, 0.15) is 40.0 Å². The molecule has 1 saturated heterocycles. The zero-order valence-corrected chi connectivity index (χ0v) is 16.4.